The minimum absolute atomic E-state index is 0.00689. The van der Waals surface area contributed by atoms with E-state index in [2.05, 4.69) is 43.3 Å². The highest BCUT2D eigenvalue weighted by molar-refractivity contribution is 9.10. The summed E-state index contributed by atoms with van der Waals surface area (Å²) in [5.74, 6) is 0.566. The zero-order chi connectivity index (χ0) is 20.6. The van der Waals surface area contributed by atoms with Crippen LogP contribution in [-0.2, 0) is 16.6 Å². The Bertz CT molecular complexity index is 1130. The van der Waals surface area contributed by atoms with E-state index in [0.29, 0.717) is 30.6 Å². The summed E-state index contributed by atoms with van der Waals surface area (Å²) in [6, 6.07) is 8.37. The topological polar surface area (TPSA) is 74.8 Å². The molecule has 2 heterocycles. The number of aryl methyl sites for hydroxylation is 3. The molecule has 0 unspecified atom stereocenters. The van der Waals surface area contributed by atoms with Crippen LogP contribution in [0.5, 0.6) is 0 Å². The number of halogens is 1. The van der Waals surface area contributed by atoms with E-state index in [0.717, 1.165) is 32.6 Å². The zero-order valence-corrected chi connectivity index (χ0v) is 19.0. The number of rotatable bonds is 6. The smallest absolute Gasteiger partial charge is 0.259 e. The lowest BCUT2D eigenvalue weighted by atomic mass is 9.64. The monoisotopic (exact) mass is 473 g/mol. The van der Waals surface area contributed by atoms with Crippen LogP contribution in [0.25, 0.3) is 10.2 Å². The van der Waals surface area contributed by atoms with Crippen molar-refractivity contribution in [2.24, 2.45) is 0 Å². The Kier molecular flexibility index (Phi) is 5.62. The highest BCUT2D eigenvalue weighted by Crippen LogP contribution is 2.43. The summed E-state index contributed by atoms with van der Waals surface area (Å²) < 4.78 is 1.07. The number of carbonyl (C=O) groups excluding carboxylic acids is 1. The molecule has 1 amide bonds. The highest BCUT2D eigenvalue weighted by atomic mass is 79.9. The van der Waals surface area contributed by atoms with Gasteiger partial charge in [-0.25, -0.2) is 4.98 Å². The molecule has 1 saturated carbocycles. The van der Waals surface area contributed by atoms with Crippen LogP contribution in [-0.4, -0.2) is 22.4 Å². The van der Waals surface area contributed by atoms with Crippen LogP contribution in [0.15, 0.2) is 33.5 Å². The number of hydrogen-bond acceptors (Lipinski definition) is 4. The third-order valence-corrected chi connectivity index (χ3v) is 7.64. The molecule has 29 heavy (non-hydrogen) atoms. The number of nitrogens with zero attached hydrogens (tertiary/aromatic N) is 1. The van der Waals surface area contributed by atoms with E-state index in [1.54, 1.807) is 0 Å². The van der Waals surface area contributed by atoms with Crippen LogP contribution in [0.1, 0.15) is 47.5 Å². The van der Waals surface area contributed by atoms with Crippen molar-refractivity contribution in [3.8, 4) is 0 Å². The molecule has 4 rings (SSSR count). The minimum Gasteiger partial charge on any atom is -0.355 e. The Hall–Kier alpha value is -1.99. The normalized spacial score (nSPS) is 15.3. The number of aromatic amines is 1. The molecule has 152 valence electrons. The number of thiophene rings is 1. The largest absolute Gasteiger partial charge is 0.355 e. The zero-order valence-electron chi connectivity index (χ0n) is 16.6. The first-order valence-electron chi connectivity index (χ1n) is 9.90. The number of amides is 1. The molecule has 2 aromatic heterocycles. The summed E-state index contributed by atoms with van der Waals surface area (Å²) in [7, 11) is 0. The lowest BCUT2D eigenvalue weighted by Gasteiger charge is -2.42. The van der Waals surface area contributed by atoms with Crippen molar-refractivity contribution in [1.82, 2.24) is 15.3 Å². The van der Waals surface area contributed by atoms with Crippen molar-refractivity contribution in [1.29, 1.82) is 0 Å². The van der Waals surface area contributed by atoms with E-state index in [1.807, 2.05) is 26.0 Å². The van der Waals surface area contributed by atoms with Gasteiger partial charge in [-0.2, -0.15) is 0 Å². The summed E-state index contributed by atoms with van der Waals surface area (Å²) >= 11 is 5.07. The fraction of sp³-hybridized carbons (Fsp3) is 0.409. The maximum atomic E-state index is 12.5. The van der Waals surface area contributed by atoms with Crippen molar-refractivity contribution < 1.29 is 4.79 Å². The fourth-order valence-electron chi connectivity index (χ4n) is 4.00. The molecular weight excluding hydrogens is 450 g/mol. The summed E-state index contributed by atoms with van der Waals surface area (Å²) in [5.41, 5.74) is 2.19. The molecule has 1 aromatic carbocycles. The van der Waals surface area contributed by atoms with Crippen LogP contribution in [0.2, 0.25) is 0 Å². The Labute approximate surface area is 182 Å². The molecule has 0 aliphatic heterocycles. The van der Waals surface area contributed by atoms with Gasteiger partial charge in [0.05, 0.1) is 5.39 Å². The molecule has 0 atom stereocenters. The highest BCUT2D eigenvalue weighted by Gasteiger charge is 2.38. The Morgan fingerprint density at radius 1 is 1.34 bits per heavy atom. The first-order chi connectivity index (χ1) is 13.9. The molecule has 0 saturated heterocycles. The second-order valence-electron chi connectivity index (χ2n) is 7.90. The summed E-state index contributed by atoms with van der Waals surface area (Å²) in [4.78, 5) is 34.1. The lowest BCUT2D eigenvalue weighted by Crippen LogP contribution is -2.45. The molecule has 2 N–H and O–H groups in total. The number of carbonyl (C=O) groups is 1. The molecule has 0 radical (unpaired) electrons. The van der Waals surface area contributed by atoms with E-state index in [-0.39, 0.29) is 16.9 Å². The Morgan fingerprint density at radius 2 is 2.14 bits per heavy atom. The SMILES string of the molecule is Cc1sc2nc(CCC(=O)NCC3(c4cccc(Br)c4)CCC3)[nH]c(=O)c2c1C. The van der Waals surface area contributed by atoms with Crippen LogP contribution < -0.4 is 10.9 Å². The van der Waals surface area contributed by atoms with Crippen molar-refractivity contribution in [2.75, 3.05) is 6.54 Å². The molecule has 5 nitrogen and oxygen atoms in total. The predicted molar refractivity (Wildman–Crippen MR) is 121 cm³/mol. The average molecular weight is 474 g/mol. The number of aromatic nitrogens is 2. The lowest BCUT2D eigenvalue weighted by molar-refractivity contribution is -0.121. The van der Waals surface area contributed by atoms with E-state index in [4.69, 9.17) is 0 Å². The van der Waals surface area contributed by atoms with E-state index >= 15 is 0 Å². The van der Waals surface area contributed by atoms with Gasteiger partial charge in [-0.05, 0) is 49.9 Å². The van der Waals surface area contributed by atoms with Crippen molar-refractivity contribution in [3.05, 3.63) is 60.9 Å². The summed E-state index contributed by atoms with van der Waals surface area (Å²) in [6.45, 7) is 4.59. The second-order valence-corrected chi connectivity index (χ2v) is 10.0. The maximum absolute atomic E-state index is 12.5. The quantitative estimate of drug-likeness (QED) is 0.551. The van der Waals surface area contributed by atoms with Gasteiger partial charge in [0.15, 0.2) is 0 Å². The molecule has 0 spiro atoms. The van der Waals surface area contributed by atoms with Crippen molar-refractivity contribution in [2.45, 2.75) is 51.4 Å². The van der Waals surface area contributed by atoms with Gasteiger partial charge in [0.25, 0.3) is 5.56 Å². The molecule has 7 heteroatoms. The summed E-state index contributed by atoms with van der Waals surface area (Å²) in [6.07, 6.45) is 4.11. The predicted octanol–water partition coefficient (Wildman–Crippen LogP) is 4.53. The molecule has 1 aliphatic carbocycles. The minimum atomic E-state index is -0.115. The average Bonchev–Trinajstić information content (AvgIpc) is 2.93. The number of fused-ring (bicyclic) bond motifs is 1. The van der Waals surface area contributed by atoms with Crippen LogP contribution in [0.4, 0.5) is 0 Å². The van der Waals surface area contributed by atoms with Gasteiger partial charge >= 0.3 is 0 Å². The molecule has 3 aromatic rings. The third kappa shape index (κ3) is 4.03. The van der Waals surface area contributed by atoms with Gasteiger partial charge < -0.3 is 10.3 Å². The first kappa shape index (κ1) is 20.3. The number of benzene rings is 1. The van der Waals surface area contributed by atoms with E-state index in [1.165, 1.54) is 23.3 Å². The van der Waals surface area contributed by atoms with Crippen LogP contribution >= 0.6 is 27.3 Å². The van der Waals surface area contributed by atoms with Gasteiger partial charge in [0.2, 0.25) is 5.91 Å². The fourth-order valence-corrected chi connectivity index (χ4v) is 5.44. The Morgan fingerprint density at radius 3 is 2.83 bits per heavy atom. The van der Waals surface area contributed by atoms with Gasteiger partial charge in [-0.3, -0.25) is 9.59 Å². The van der Waals surface area contributed by atoms with Gasteiger partial charge in [0.1, 0.15) is 10.7 Å². The standard InChI is InChI=1S/C22H24BrN3O2S/c1-13-14(2)29-21-19(13)20(28)25-17(26-21)7-8-18(27)24-12-22(9-4-10-22)15-5-3-6-16(23)11-15/h3,5-6,11H,4,7-10,12H2,1-2H3,(H,24,27)(H,25,26,28). The number of H-pyrrole nitrogens is 1. The molecule has 1 aliphatic rings. The number of nitrogens with one attached hydrogen (secondary N) is 2. The van der Waals surface area contributed by atoms with Crippen molar-refractivity contribution >= 4 is 43.4 Å². The second kappa shape index (κ2) is 8.03. The van der Waals surface area contributed by atoms with Crippen LogP contribution in [0.3, 0.4) is 0 Å². The van der Waals surface area contributed by atoms with E-state index < -0.39 is 0 Å². The number of hydrogen-bond donors (Lipinski definition) is 2. The van der Waals surface area contributed by atoms with Gasteiger partial charge in [-0.15, -0.1) is 11.3 Å². The third-order valence-electron chi connectivity index (χ3n) is 6.05. The summed E-state index contributed by atoms with van der Waals surface area (Å²) in [5, 5.41) is 3.78. The maximum Gasteiger partial charge on any atom is 0.259 e. The van der Waals surface area contributed by atoms with Crippen LogP contribution in [0, 0.1) is 13.8 Å². The van der Waals surface area contributed by atoms with Gasteiger partial charge in [0, 0.05) is 34.2 Å². The molecular formula is C22H24BrN3O2S. The molecule has 1 fully saturated rings. The Balaban J connectivity index is 1.39. The van der Waals surface area contributed by atoms with Crippen molar-refractivity contribution in [3.63, 3.8) is 0 Å². The van der Waals surface area contributed by atoms with E-state index in [9.17, 15) is 9.59 Å². The molecule has 0 bridgehead atoms. The van der Waals surface area contributed by atoms with Gasteiger partial charge in [-0.1, -0.05) is 34.5 Å². The first-order valence-corrected chi connectivity index (χ1v) is 11.5.